The number of aliphatic hydroxyl groups is 1. The van der Waals surface area contributed by atoms with Crippen LogP contribution in [0, 0.1) is 0 Å². The monoisotopic (exact) mass is 406 g/mol. The third-order valence-corrected chi connectivity index (χ3v) is 7.26. The second-order valence-corrected chi connectivity index (χ2v) is 10.1. The number of benzene rings is 1. The Morgan fingerprint density at radius 2 is 1.91 bits per heavy atom. The summed E-state index contributed by atoms with van der Waals surface area (Å²) in [5.41, 5.74) is 1.23. The van der Waals surface area contributed by atoms with Crippen molar-refractivity contribution in [2.45, 2.75) is 32.9 Å². The molecular weight excluding hydrogens is 385 g/mol. The van der Waals surface area contributed by atoms with Gasteiger partial charge >= 0.3 is 21.7 Å². The predicted octanol–water partition coefficient (Wildman–Crippen LogP) is -4.21. The Balaban J connectivity index is 0.00000161. The van der Waals surface area contributed by atoms with Crippen molar-refractivity contribution in [2.75, 3.05) is 18.5 Å². The molecule has 1 heterocycles. The van der Waals surface area contributed by atoms with Crippen LogP contribution in [0.2, 0.25) is 6.55 Å². The van der Waals surface area contributed by atoms with Crippen LogP contribution in [0.5, 0.6) is 0 Å². The molecule has 7 heteroatoms. The van der Waals surface area contributed by atoms with Crippen molar-refractivity contribution in [3.8, 4) is 0 Å². The van der Waals surface area contributed by atoms with Crippen molar-refractivity contribution in [1.82, 2.24) is 0 Å². The summed E-state index contributed by atoms with van der Waals surface area (Å²) < 4.78 is 5.95. The fourth-order valence-electron chi connectivity index (χ4n) is 3.00. The number of anilines is 1. The van der Waals surface area contributed by atoms with Crippen LogP contribution in [0.3, 0.4) is 0 Å². The third kappa shape index (κ3) is 4.18. The summed E-state index contributed by atoms with van der Waals surface area (Å²) in [4.78, 5) is 0. The SMILES string of the molecule is CC(C)(C)Nc1cccc2[cH-]c3c(c12)[Si]3(C)OCCO.[Cl-].[Cl-].[Ti+3]. The summed E-state index contributed by atoms with van der Waals surface area (Å²) in [5.74, 6) is 0. The van der Waals surface area contributed by atoms with Gasteiger partial charge in [-0.1, -0.05) is 6.07 Å². The molecule has 1 aliphatic heterocycles. The summed E-state index contributed by atoms with van der Waals surface area (Å²) in [6, 6.07) is 8.67. The minimum atomic E-state index is -1.85. The number of aliphatic hydroxyl groups excluding tert-OH is 1. The molecule has 3 rings (SSSR count). The zero-order valence-electron chi connectivity index (χ0n) is 13.8. The van der Waals surface area contributed by atoms with E-state index in [4.69, 9.17) is 9.53 Å². The Hall–Kier alpha value is 0.0612. The topological polar surface area (TPSA) is 41.5 Å². The Bertz CT molecular complexity index is 672. The van der Waals surface area contributed by atoms with Gasteiger partial charge in [0, 0.05) is 5.54 Å². The van der Waals surface area contributed by atoms with Crippen molar-refractivity contribution >= 4 is 35.2 Å². The zero-order valence-corrected chi connectivity index (χ0v) is 17.9. The van der Waals surface area contributed by atoms with Crippen molar-refractivity contribution in [3.63, 3.8) is 0 Å². The van der Waals surface area contributed by atoms with Crippen molar-refractivity contribution in [3.05, 3.63) is 24.3 Å². The Kier molecular flexibility index (Phi) is 7.98. The van der Waals surface area contributed by atoms with Crippen LogP contribution in [0.15, 0.2) is 24.3 Å². The molecule has 2 N–H and O–H groups in total. The van der Waals surface area contributed by atoms with E-state index in [0.29, 0.717) is 6.61 Å². The van der Waals surface area contributed by atoms with Gasteiger partial charge in [-0.3, -0.25) is 0 Å². The molecule has 3 nitrogen and oxygen atoms in total. The molecule has 1 radical (unpaired) electrons. The van der Waals surface area contributed by atoms with Gasteiger partial charge in [0.2, 0.25) is 0 Å². The van der Waals surface area contributed by atoms with E-state index in [1.165, 1.54) is 26.8 Å². The molecule has 0 saturated carbocycles. The van der Waals surface area contributed by atoms with Crippen molar-refractivity contribution < 1.29 is 56.1 Å². The van der Waals surface area contributed by atoms with E-state index >= 15 is 0 Å². The number of nitrogens with one attached hydrogen (secondary N) is 1. The van der Waals surface area contributed by atoms with E-state index in [0.717, 1.165) is 0 Å². The molecule has 2 aromatic rings. The first-order valence-corrected chi connectivity index (χ1v) is 9.54. The molecule has 1 aliphatic rings. The third-order valence-electron chi connectivity index (χ3n) is 3.84. The van der Waals surface area contributed by atoms with Gasteiger partial charge < -0.3 is 39.7 Å². The number of fused-ring (bicyclic) bond motifs is 3. The van der Waals surface area contributed by atoms with E-state index in [9.17, 15) is 0 Å². The average Bonchev–Trinajstić information content (AvgIpc) is 2.74. The minimum absolute atomic E-state index is 0. The molecule has 0 fully saturated rings. The van der Waals surface area contributed by atoms with Crippen LogP contribution in [0.25, 0.3) is 10.8 Å². The minimum Gasteiger partial charge on any atom is -1.00 e. The molecule has 125 valence electrons. The van der Waals surface area contributed by atoms with Gasteiger partial charge in [0.25, 0.3) is 0 Å². The molecule has 2 aromatic carbocycles. The van der Waals surface area contributed by atoms with E-state index in [1.807, 2.05) is 0 Å². The Morgan fingerprint density at radius 3 is 2.48 bits per heavy atom. The van der Waals surface area contributed by atoms with Crippen LogP contribution in [0.4, 0.5) is 5.69 Å². The van der Waals surface area contributed by atoms with E-state index in [-0.39, 0.29) is 58.7 Å². The van der Waals surface area contributed by atoms with Crippen LogP contribution in [-0.2, 0) is 26.1 Å². The summed E-state index contributed by atoms with van der Waals surface area (Å²) in [6.07, 6.45) is 0. The Morgan fingerprint density at radius 1 is 1.26 bits per heavy atom. The smallest absolute Gasteiger partial charge is 1.00 e. The van der Waals surface area contributed by atoms with Crippen LogP contribution in [0.1, 0.15) is 20.8 Å². The summed E-state index contributed by atoms with van der Waals surface area (Å²) in [6.45, 7) is 9.27. The predicted molar refractivity (Wildman–Crippen MR) is 86.8 cm³/mol. The van der Waals surface area contributed by atoms with Gasteiger partial charge in [0.1, 0.15) is 0 Å². The second-order valence-electron chi connectivity index (χ2n) is 6.68. The maximum atomic E-state index is 8.98. The second kappa shape index (κ2) is 7.96. The summed E-state index contributed by atoms with van der Waals surface area (Å²) in [5, 5.41) is 18.0. The molecule has 1 atom stereocenters. The van der Waals surface area contributed by atoms with E-state index < -0.39 is 8.32 Å². The average molecular weight is 407 g/mol. The number of rotatable bonds is 4. The number of hydrogen-bond donors (Lipinski definition) is 2. The van der Waals surface area contributed by atoms with Gasteiger partial charge in [-0.15, -0.1) is 39.3 Å². The normalized spacial score (nSPS) is 18.3. The van der Waals surface area contributed by atoms with Gasteiger partial charge in [0.05, 0.1) is 13.2 Å². The molecular formula is C16H22Cl2NO2SiTi. The fourth-order valence-corrected chi connectivity index (χ4v) is 6.47. The molecule has 0 spiro atoms. The first-order chi connectivity index (χ1) is 9.37. The van der Waals surface area contributed by atoms with Crippen molar-refractivity contribution in [2.24, 2.45) is 0 Å². The van der Waals surface area contributed by atoms with Gasteiger partial charge in [-0.2, -0.15) is 0 Å². The van der Waals surface area contributed by atoms with E-state index in [1.54, 1.807) is 0 Å². The number of hydrogen-bond acceptors (Lipinski definition) is 3. The van der Waals surface area contributed by atoms with Gasteiger partial charge in [-0.05, 0) is 33.0 Å². The quantitative estimate of drug-likeness (QED) is 0.399. The largest absolute Gasteiger partial charge is 3.00 e. The van der Waals surface area contributed by atoms with Gasteiger partial charge in [-0.25, -0.2) is 0 Å². The van der Waals surface area contributed by atoms with E-state index in [2.05, 4.69) is 56.9 Å². The molecule has 1 unspecified atom stereocenters. The van der Waals surface area contributed by atoms with Crippen LogP contribution >= 0.6 is 0 Å². The molecule has 0 bridgehead atoms. The van der Waals surface area contributed by atoms with Gasteiger partial charge in [0.15, 0.2) is 8.32 Å². The van der Waals surface area contributed by atoms with Crippen molar-refractivity contribution in [1.29, 1.82) is 0 Å². The maximum Gasteiger partial charge on any atom is 3.00 e. The molecule has 0 aliphatic carbocycles. The first-order valence-electron chi connectivity index (χ1n) is 7.13. The van der Waals surface area contributed by atoms with Crippen LogP contribution in [-0.4, -0.2) is 32.2 Å². The molecule has 23 heavy (non-hydrogen) atoms. The zero-order chi connectivity index (χ0) is 14.5. The standard InChI is InChI=1S/C16H22NO2Si.2ClH.Ti/c1-16(2,3)17-12-7-5-6-11-10-13-15(14(11)12)20(13,4)19-9-8-18;;;/h5-7,10,17-18H,8-9H2,1-4H3;2*1H;/q-1;;;+3/p-2. The maximum absolute atomic E-state index is 8.98. The van der Waals surface area contributed by atoms with Crippen LogP contribution < -0.4 is 40.5 Å². The molecule has 0 amide bonds. The summed E-state index contributed by atoms with van der Waals surface area (Å²) in [7, 11) is -1.85. The number of halogens is 2. The molecule has 0 saturated heterocycles. The summed E-state index contributed by atoms with van der Waals surface area (Å²) >= 11 is 0. The fraction of sp³-hybridized carbons (Fsp3) is 0.438. The Labute approximate surface area is 166 Å². The first kappa shape index (κ1) is 23.1. The molecule has 0 aromatic heterocycles.